The molecule has 1 aromatic heterocycles. The predicted octanol–water partition coefficient (Wildman–Crippen LogP) is 2.71. The number of hydrogen-bond donors (Lipinski definition) is 1. The fourth-order valence-electron chi connectivity index (χ4n) is 1.54. The van der Waals surface area contributed by atoms with Crippen LogP contribution in [0.3, 0.4) is 0 Å². The van der Waals surface area contributed by atoms with E-state index in [-0.39, 0.29) is 17.1 Å². The molecule has 0 atom stereocenters. The van der Waals surface area contributed by atoms with Gasteiger partial charge in [-0.15, -0.1) is 0 Å². The van der Waals surface area contributed by atoms with Crippen molar-refractivity contribution in [3.8, 4) is 6.07 Å². The van der Waals surface area contributed by atoms with E-state index in [2.05, 4.69) is 25.6 Å². The zero-order chi connectivity index (χ0) is 14.6. The summed E-state index contributed by atoms with van der Waals surface area (Å²) in [6.07, 6.45) is 0.251. The van der Waals surface area contributed by atoms with Crippen molar-refractivity contribution in [3.63, 3.8) is 0 Å². The van der Waals surface area contributed by atoms with Gasteiger partial charge in [-0.05, 0) is 45.8 Å². The van der Waals surface area contributed by atoms with Crippen molar-refractivity contribution in [3.05, 3.63) is 52.6 Å². The lowest BCUT2D eigenvalue weighted by Crippen LogP contribution is -2.13. The summed E-state index contributed by atoms with van der Waals surface area (Å²) >= 11 is 3.18. The highest BCUT2D eigenvalue weighted by molar-refractivity contribution is 9.10. The monoisotopic (exact) mass is 351 g/mol. The highest BCUT2D eigenvalue weighted by Crippen LogP contribution is 2.17. The van der Waals surface area contributed by atoms with Crippen molar-refractivity contribution in [1.82, 2.24) is 4.98 Å². The number of aromatic nitrogens is 1. The third-order valence-electron chi connectivity index (χ3n) is 2.47. The van der Waals surface area contributed by atoms with Crippen molar-refractivity contribution < 1.29 is 8.42 Å². The number of nitrogens with zero attached hydrogens (tertiary/aromatic N) is 2. The van der Waals surface area contributed by atoms with Crippen LogP contribution in [0.15, 0.2) is 52.0 Å². The van der Waals surface area contributed by atoms with E-state index in [0.717, 1.165) is 5.56 Å². The number of benzene rings is 1. The molecule has 102 valence electrons. The predicted molar refractivity (Wildman–Crippen MR) is 78.5 cm³/mol. The van der Waals surface area contributed by atoms with Crippen LogP contribution in [0.5, 0.6) is 0 Å². The number of sulfonamides is 1. The third-order valence-corrected chi connectivity index (χ3v) is 4.28. The smallest absolute Gasteiger partial charge is 0.263 e. The molecule has 20 heavy (non-hydrogen) atoms. The number of nitrogens with one attached hydrogen (secondary N) is 1. The van der Waals surface area contributed by atoms with Gasteiger partial charge in [0.15, 0.2) is 0 Å². The molecule has 0 saturated carbocycles. The van der Waals surface area contributed by atoms with Crippen molar-refractivity contribution >= 4 is 31.8 Å². The van der Waals surface area contributed by atoms with Crippen LogP contribution < -0.4 is 4.72 Å². The van der Waals surface area contributed by atoms with E-state index in [4.69, 9.17) is 5.26 Å². The van der Waals surface area contributed by atoms with Crippen molar-refractivity contribution in [2.75, 3.05) is 4.72 Å². The fourth-order valence-corrected chi connectivity index (χ4v) is 2.88. The number of hydrogen-bond acceptors (Lipinski definition) is 4. The van der Waals surface area contributed by atoms with Crippen LogP contribution in [0, 0.1) is 11.3 Å². The minimum absolute atomic E-state index is 0.126. The second kappa shape index (κ2) is 6.03. The summed E-state index contributed by atoms with van der Waals surface area (Å²) in [7, 11) is -3.68. The number of halogens is 1. The Morgan fingerprint density at radius 3 is 2.50 bits per heavy atom. The van der Waals surface area contributed by atoms with E-state index in [0.29, 0.717) is 4.60 Å². The molecule has 0 unspecified atom stereocenters. The second-order valence-corrected chi connectivity index (χ2v) is 6.42. The van der Waals surface area contributed by atoms with E-state index >= 15 is 0 Å². The van der Waals surface area contributed by atoms with Gasteiger partial charge in [0.05, 0.1) is 17.4 Å². The summed E-state index contributed by atoms with van der Waals surface area (Å²) in [4.78, 5) is 4.14. The summed E-state index contributed by atoms with van der Waals surface area (Å²) in [6, 6.07) is 13.1. The lowest BCUT2D eigenvalue weighted by molar-refractivity contribution is 0.601. The molecule has 0 spiro atoms. The summed E-state index contributed by atoms with van der Waals surface area (Å²) in [5, 5.41) is 8.58. The van der Waals surface area contributed by atoms with Crippen LogP contribution >= 0.6 is 15.9 Å². The average Bonchev–Trinajstić information content (AvgIpc) is 2.39. The second-order valence-electron chi connectivity index (χ2n) is 3.93. The van der Waals surface area contributed by atoms with Gasteiger partial charge in [0.1, 0.15) is 10.4 Å². The van der Waals surface area contributed by atoms with Gasteiger partial charge in [-0.1, -0.05) is 18.2 Å². The highest BCUT2D eigenvalue weighted by atomic mass is 79.9. The Morgan fingerprint density at radius 1 is 1.20 bits per heavy atom. The SMILES string of the molecule is N#CCc1ccc(S(=O)(=O)Nc2cccc(Br)n2)cc1. The average molecular weight is 352 g/mol. The van der Waals surface area contributed by atoms with E-state index in [1.165, 1.54) is 12.1 Å². The maximum Gasteiger partial charge on any atom is 0.263 e. The first-order valence-corrected chi connectivity index (χ1v) is 7.90. The van der Waals surface area contributed by atoms with Gasteiger partial charge >= 0.3 is 0 Å². The van der Waals surface area contributed by atoms with Gasteiger partial charge in [0.2, 0.25) is 0 Å². The number of pyridine rings is 1. The van der Waals surface area contributed by atoms with Gasteiger partial charge in [0, 0.05) is 0 Å². The molecule has 0 aliphatic rings. The first kappa shape index (κ1) is 14.5. The molecule has 0 bridgehead atoms. The van der Waals surface area contributed by atoms with Gasteiger partial charge in [-0.25, -0.2) is 13.4 Å². The maximum absolute atomic E-state index is 12.2. The normalized spacial score (nSPS) is 10.8. The van der Waals surface area contributed by atoms with Crippen molar-refractivity contribution in [2.45, 2.75) is 11.3 Å². The lowest BCUT2D eigenvalue weighted by Gasteiger charge is -2.07. The molecular formula is C13H10BrN3O2S. The molecule has 1 N–H and O–H groups in total. The molecule has 0 amide bonds. The lowest BCUT2D eigenvalue weighted by atomic mass is 10.2. The van der Waals surface area contributed by atoms with Crippen LogP contribution in [0.1, 0.15) is 5.56 Å². The van der Waals surface area contributed by atoms with Crippen molar-refractivity contribution in [2.24, 2.45) is 0 Å². The zero-order valence-electron chi connectivity index (χ0n) is 10.2. The van der Waals surface area contributed by atoms with Crippen LogP contribution in [0.4, 0.5) is 5.82 Å². The molecule has 7 heteroatoms. The molecule has 1 heterocycles. The summed E-state index contributed by atoms with van der Waals surface area (Å²) in [5.41, 5.74) is 0.770. The molecular weight excluding hydrogens is 342 g/mol. The molecule has 0 saturated heterocycles. The summed E-state index contributed by atoms with van der Waals surface area (Å²) in [6.45, 7) is 0. The molecule has 0 aliphatic carbocycles. The van der Waals surface area contributed by atoms with E-state index in [9.17, 15) is 8.42 Å². The largest absolute Gasteiger partial charge is 0.263 e. The quantitative estimate of drug-likeness (QED) is 0.858. The van der Waals surface area contributed by atoms with Gasteiger partial charge < -0.3 is 0 Å². The molecule has 0 aliphatic heterocycles. The van der Waals surface area contributed by atoms with Crippen LogP contribution in [-0.2, 0) is 16.4 Å². The Morgan fingerprint density at radius 2 is 1.90 bits per heavy atom. The molecule has 0 fully saturated rings. The third kappa shape index (κ3) is 3.56. The molecule has 5 nitrogen and oxygen atoms in total. The van der Waals surface area contributed by atoms with Crippen LogP contribution in [0.25, 0.3) is 0 Å². The zero-order valence-corrected chi connectivity index (χ0v) is 12.6. The molecule has 2 rings (SSSR count). The number of anilines is 1. The fraction of sp³-hybridized carbons (Fsp3) is 0.0769. The molecule has 2 aromatic rings. The molecule has 0 radical (unpaired) electrons. The van der Waals surface area contributed by atoms with Gasteiger partial charge in [0.25, 0.3) is 10.0 Å². The Kier molecular flexibility index (Phi) is 4.37. The minimum atomic E-state index is -3.68. The van der Waals surface area contributed by atoms with Gasteiger partial charge in [-0.2, -0.15) is 5.26 Å². The summed E-state index contributed by atoms with van der Waals surface area (Å²) < 4.78 is 27.2. The number of nitriles is 1. The van der Waals surface area contributed by atoms with E-state index in [1.54, 1.807) is 30.3 Å². The molecule has 1 aromatic carbocycles. The first-order valence-electron chi connectivity index (χ1n) is 5.62. The Balaban J connectivity index is 2.24. The van der Waals surface area contributed by atoms with E-state index < -0.39 is 10.0 Å². The Bertz CT molecular complexity index is 752. The first-order chi connectivity index (χ1) is 9.51. The topological polar surface area (TPSA) is 82.8 Å². The Labute approximate surface area is 125 Å². The van der Waals surface area contributed by atoms with Crippen LogP contribution in [0.2, 0.25) is 0 Å². The maximum atomic E-state index is 12.2. The van der Waals surface area contributed by atoms with Gasteiger partial charge in [-0.3, -0.25) is 4.72 Å². The van der Waals surface area contributed by atoms with E-state index in [1.807, 2.05) is 6.07 Å². The van der Waals surface area contributed by atoms with Crippen molar-refractivity contribution in [1.29, 1.82) is 5.26 Å². The highest BCUT2D eigenvalue weighted by Gasteiger charge is 2.14. The Hall–Kier alpha value is -1.91. The summed E-state index contributed by atoms with van der Waals surface area (Å²) in [5.74, 6) is 0.237. The standard InChI is InChI=1S/C13H10BrN3O2S/c14-12-2-1-3-13(16-12)17-20(18,19)11-6-4-10(5-7-11)8-9-15/h1-7H,8H2,(H,16,17). The minimum Gasteiger partial charge on any atom is -0.263 e. The van der Waals surface area contributed by atoms with Crippen LogP contribution in [-0.4, -0.2) is 13.4 Å². The number of rotatable bonds is 4.